The van der Waals surface area contributed by atoms with Gasteiger partial charge in [0.25, 0.3) is 0 Å². The smallest absolute Gasteiger partial charge is 0.119 e. The largest absolute Gasteiger partial charge is 0.770 e. The van der Waals surface area contributed by atoms with Crippen molar-refractivity contribution in [3.8, 4) is 0 Å². The maximum atomic E-state index is 11.4. The van der Waals surface area contributed by atoms with Gasteiger partial charge in [0, 0.05) is 12.0 Å². The first-order valence-corrected chi connectivity index (χ1v) is 11.1. The Morgan fingerprint density at radius 2 is 2.00 bits per heavy atom. The molecule has 0 amide bonds. The van der Waals surface area contributed by atoms with E-state index in [-0.39, 0.29) is 16.7 Å². The monoisotopic (exact) mass is 366 g/mol. The third kappa shape index (κ3) is 2.60. The van der Waals surface area contributed by atoms with Crippen LogP contribution in [0.25, 0.3) is 0 Å². The second kappa shape index (κ2) is 6.15. The van der Waals surface area contributed by atoms with E-state index in [0.717, 1.165) is 44.9 Å². The van der Waals surface area contributed by atoms with Crippen LogP contribution in [0.4, 0.5) is 0 Å². The zero-order valence-electron chi connectivity index (χ0n) is 15.4. The zero-order valence-corrected chi connectivity index (χ0v) is 16.3. The van der Waals surface area contributed by atoms with E-state index in [0.29, 0.717) is 23.8 Å². The highest BCUT2D eigenvalue weighted by molar-refractivity contribution is 7.79. The molecule has 25 heavy (non-hydrogen) atoms. The third-order valence-electron chi connectivity index (χ3n) is 8.76. The van der Waals surface area contributed by atoms with E-state index in [9.17, 15) is 13.9 Å². The molecule has 4 aliphatic carbocycles. The first-order chi connectivity index (χ1) is 11.8. The Bertz CT molecular complexity index is 608. The van der Waals surface area contributed by atoms with Gasteiger partial charge in [0.05, 0.1) is 0 Å². The van der Waals surface area contributed by atoms with E-state index < -0.39 is 16.5 Å². The van der Waals surface area contributed by atoms with Crippen molar-refractivity contribution < 1.29 is 13.9 Å². The predicted molar refractivity (Wildman–Crippen MR) is 98.1 cm³/mol. The van der Waals surface area contributed by atoms with Gasteiger partial charge in [-0.3, -0.25) is 4.21 Å². The molecule has 0 radical (unpaired) electrons. The van der Waals surface area contributed by atoms with Crippen LogP contribution in [-0.2, 0) is 11.1 Å². The lowest BCUT2D eigenvalue weighted by Gasteiger charge is -2.58. The van der Waals surface area contributed by atoms with E-state index in [1.165, 1.54) is 6.42 Å². The Labute approximate surface area is 153 Å². The Balaban J connectivity index is 1.63. The molecule has 0 saturated heterocycles. The number of aliphatic hydroxyl groups excluding tert-OH is 1. The van der Waals surface area contributed by atoms with E-state index in [1.807, 2.05) is 0 Å². The molecule has 4 rings (SSSR count). The quantitative estimate of drug-likeness (QED) is 0.581. The van der Waals surface area contributed by atoms with Crippen LogP contribution in [-0.4, -0.2) is 25.3 Å². The lowest BCUT2D eigenvalue weighted by molar-refractivity contribution is -0.0547. The molecule has 5 heteroatoms. The van der Waals surface area contributed by atoms with Gasteiger partial charge in [-0.15, -0.1) is 0 Å². The molecule has 0 aliphatic heterocycles. The van der Waals surface area contributed by atoms with Crippen LogP contribution in [0.1, 0.15) is 65.2 Å². The van der Waals surface area contributed by atoms with E-state index in [1.54, 1.807) is 5.57 Å². The molecule has 0 aromatic heterocycles. The number of allylic oxidation sites excluding steroid dienone is 1. The lowest BCUT2D eigenvalue weighted by atomic mass is 9.47. The molecule has 0 aromatic carbocycles. The van der Waals surface area contributed by atoms with Gasteiger partial charge < -0.3 is 15.4 Å². The average Bonchev–Trinajstić information content (AvgIpc) is 2.92. The second-order valence-electron chi connectivity index (χ2n) is 9.64. The van der Waals surface area contributed by atoms with Crippen molar-refractivity contribution in [2.24, 2.45) is 40.2 Å². The van der Waals surface area contributed by atoms with Gasteiger partial charge >= 0.3 is 0 Å². The molecule has 3 fully saturated rings. The van der Waals surface area contributed by atoms with Gasteiger partial charge in [-0.1, -0.05) is 25.5 Å². The van der Waals surface area contributed by atoms with Gasteiger partial charge in [-0.05, 0) is 91.0 Å². The van der Waals surface area contributed by atoms with Crippen LogP contribution in [0, 0.1) is 34.5 Å². The molecule has 1 unspecified atom stereocenters. The number of hydrogen-bond acceptors (Lipinski definition) is 4. The summed E-state index contributed by atoms with van der Waals surface area (Å²) in [5, 5.41) is 10.3. The Morgan fingerprint density at radius 1 is 1.24 bits per heavy atom. The highest BCUT2D eigenvalue weighted by Gasteiger charge is 2.59. The SMILES string of the molecule is C[C@]12CC[C@H]3[C@@H](CC=C4C[C@@H](N)CC[C@@]43C)[C@H]1CC[C@H]2[C@H](O)S(=O)[O-]. The standard InChI is InChI=1S/C20H33NO3S/c1-19-9-7-13(21)11-12(19)3-4-14-15-5-6-17(18(22)25(23)24)20(15,2)10-8-16(14)19/h3,13-18,22H,4-11,21H2,1-2H3,(H,23,24)/p-1/t13-,14-,15+,16-,17-,18+,19-,20-/m0/s1. The normalized spacial score (nSPS) is 51.7. The molecule has 3 saturated carbocycles. The molecule has 4 nitrogen and oxygen atoms in total. The molecule has 4 aliphatic rings. The van der Waals surface area contributed by atoms with Crippen LogP contribution < -0.4 is 5.73 Å². The summed E-state index contributed by atoms with van der Waals surface area (Å²) in [6.45, 7) is 4.71. The molecular formula is C20H32NO3S-. The minimum absolute atomic E-state index is 0.0343. The molecule has 9 atom stereocenters. The van der Waals surface area contributed by atoms with Gasteiger partial charge in [-0.25, -0.2) is 0 Å². The van der Waals surface area contributed by atoms with E-state index in [2.05, 4.69) is 19.9 Å². The maximum Gasteiger partial charge on any atom is 0.119 e. The fourth-order valence-electron chi connectivity index (χ4n) is 7.33. The Morgan fingerprint density at radius 3 is 2.72 bits per heavy atom. The van der Waals surface area contributed by atoms with Crippen molar-refractivity contribution in [3.63, 3.8) is 0 Å². The van der Waals surface area contributed by atoms with Crippen molar-refractivity contribution in [2.45, 2.75) is 76.7 Å². The summed E-state index contributed by atoms with van der Waals surface area (Å²) in [4.78, 5) is 0. The molecular weight excluding hydrogens is 334 g/mol. The van der Waals surface area contributed by atoms with Crippen LogP contribution in [0.15, 0.2) is 11.6 Å². The zero-order chi connectivity index (χ0) is 18.0. The molecule has 142 valence electrons. The summed E-state index contributed by atoms with van der Waals surface area (Å²) >= 11 is -2.39. The average molecular weight is 367 g/mol. The number of hydrogen-bond donors (Lipinski definition) is 2. The number of nitrogens with two attached hydrogens (primary N) is 1. The van der Waals surface area contributed by atoms with Crippen LogP contribution >= 0.6 is 0 Å². The van der Waals surface area contributed by atoms with Crippen molar-refractivity contribution in [1.29, 1.82) is 0 Å². The predicted octanol–water partition coefficient (Wildman–Crippen LogP) is 3.09. The van der Waals surface area contributed by atoms with Crippen molar-refractivity contribution in [2.75, 3.05) is 0 Å². The Kier molecular flexibility index (Phi) is 4.46. The Hall–Kier alpha value is -0.230. The topological polar surface area (TPSA) is 86.4 Å². The van der Waals surface area contributed by atoms with Crippen LogP contribution in [0.2, 0.25) is 0 Å². The summed E-state index contributed by atoms with van der Waals surface area (Å²) in [6, 6.07) is 0.322. The first-order valence-electron chi connectivity index (χ1n) is 9.98. The van der Waals surface area contributed by atoms with E-state index in [4.69, 9.17) is 5.73 Å². The maximum absolute atomic E-state index is 11.4. The minimum Gasteiger partial charge on any atom is -0.770 e. The van der Waals surface area contributed by atoms with Crippen molar-refractivity contribution >= 4 is 11.1 Å². The first kappa shape index (κ1) is 18.1. The molecule has 0 spiro atoms. The van der Waals surface area contributed by atoms with E-state index >= 15 is 0 Å². The summed E-state index contributed by atoms with van der Waals surface area (Å²) in [5.74, 6) is 1.78. The van der Waals surface area contributed by atoms with Crippen LogP contribution in [0.3, 0.4) is 0 Å². The number of rotatable bonds is 2. The van der Waals surface area contributed by atoms with Crippen LogP contribution in [0.5, 0.6) is 0 Å². The van der Waals surface area contributed by atoms with Gasteiger partial charge in [0.2, 0.25) is 0 Å². The van der Waals surface area contributed by atoms with Gasteiger partial charge in [0.15, 0.2) is 0 Å². The summed E-state index contributed by atoms with van der Waals surface area (Å²) in [5.41, 5.74) is 6.87. The molecule has 0 heterocycles. The minimum atomic E-state index is -2.39. The summed E-state index contributed by atoms with van der Waals surface area (Å²) in [7, 11) is 0. The summed E-state index contributed by atoms with van der Waals surface area (Å²) in [6.07, 6.45) is 11.1. The van der Waals surface area contributed by atoms with Crippen molar-refractivity contribution in [3.05, 3.63) is 11.6 Å². The highest BCUT2D eigenvalue weighted by Crippen LogP contribution is 2.66. The fraction of sp³-hybridized carbons (Fsp3) is 0.900. The molecule has 3 N–H and O–H groups in total. The van der Waals surface area contributed by atoms with Gasteiger partial charge in [-0.2, -0.15) is 0 Å². The lowest BCUT2D eigenvalue weighted by Crippen LogP contribution is -2.52. The van der Waals surface area contributed by atoms with Crippen molar-refractivity contribution in [1.82, 2.24) is 0 Å². The molecule has 0 bridgehead atoms. The number of aliphatic hydroxyl groups is 1. The highest BCUT2D eigenvalue weighted by atomic mass is 32.2. The number of fused-ring (bicyclic) bond motifs is 5. The second-order valence-corrected chi connectivity index (χ2v) is 10.6. The van der Waals surface area contributed by atoms with Gasteiger partial charge in [0.1, 0.15) is 5.44 Å². The molecule has 0 aromatic rings. The summed E-state index contributed by atoms with van der Waals surface area (Å²) < 4.78 is 22.8. The fourth-order valence-corrected chi connectivity index (χ4v) is 8.05. The third-order valence-corrected chi connectivity index (χ3v) is 9.48.